The van der Waals surface area contributed by atoms with Gasteiger partial charge < -0.3 is 10.3 Å². The Balaban J connectivity index is 1.71. The molecule has 7 heteroatoms. The van der Waals surface area contributed by atoms with E-state index < -0.39 is 0 Å². The van der Waals surface area contributed by atoms with Gasteiger partial charge in [-0.05, 0) is 49.1 Å². The van der Waals surface area contributed by atoms with Gasteiger partial charge in [-0.2, -0.15) is 0 Å². The summed E-state index contributed by atoms with van der Waals surface area (Å²) < 4.78 is 1.72. The molecule has 5 aromatic rings. The van der Waals surface area contributed by atoms with E-state index in [9.17, 15) is 4.79 Å². The Labute approximate surface area is 183 Å². The number of pyridine rings is 1. The first kappa shape index (κ1) is 19.3. The van der Waals surface area contributed by atoms with E-state index >= 15 is 0 Å². The second-order valence-corrected chi connectivity index (χ2v) is 7.94. The van der Waals surface area contributed by atoms with Crippen molar-refractivity contribution in [2.75, 3.05) is 5.32 Å². The lowest BCUT2D eigenvalue weighted by Crippen LogP contribution is -2.25. The summed E-state index contributed by atoms with van der Waals surface area (Å²) in [7, 11) is 0. The molecule has 2 aromatic carbocycles. The quantitative estimate of drug-likeness (QED) is 0.401. The van der Waals surface area contributed by atoms with Crippen LogP contribution in [0.25, 0.3) is 27.5 Å². The average molecular weight is 430 g/mol. The lowest BCUT2D eigenvalue weighted by molar-refractivity contribution is 0.774. The standard InChI is InChI=1S/C24H20ClN5O/c1-14-12-26-22-20(14)23(28-13-27-22)29-15(2)19-11-16-7-6-10-18(25)21(16)24(31)30(19)17-8-4-3-5-9-17/h3-13,15H,1-2H3,(H2,26,27,28,29)/t15-/m0/s1. The zero-order chi connectivity index (χ0) is 21.5. The van der Waals surface area contributed by atoms with Crippen molar-refractivity contribution < 1.29 is 0 Å². The van der Waals surface area contributed by atoms with E-state index in [1.54, 1.807) is 10.6 Å². The molecule has 31 heavy (non-hydrogen) atoms. The van der Waals surface area contributed by atoms with Gasteiger partial charge in [-0.15, -0.1) is 0 Å². The topological polar surface area (TPSA) is 75.6 Å². The smallest absolute Gasteiger partial charge is 0.264 e. The molecule has 5 rings (SSSR count). The van der Waals surface area contributed by atoms with Crippen molar-refractivity contribution in [2.24, 2.45) is 0 Å². The Bertz CT molecular complexity index is 1470. The maximum Gasteiger partial charge on any atom is 0.264 e. The number of hydrogen-bond acceptors (Lipinski definition) is 4. The van der Waals surface area contributed by atoms with Crippen molar-refractivity contribution in [3.05, 3.63) is 93.8 Å². The third-order valence-corrected chi connectivity index (χ3v) is 5.82. The molecule has 0 amide bonds. The second-order valence-electron chi connectivity index (χ2n) is 7.53. The van der Waals surface area contributed by atoms with Crippen LogP contribution in [0.1, 0.15) is 24.2 Å². The van der Waals surface area contributed by atoms with Crippen LogP contribution in [0.4, 0.5) is 5.82 Å². The number of benzene rings is 2. The zero-order valence-electron chi connectivity index (χ0n) is 17.1. The van der Waals surface area contributed by atoms with E-state index in [1.807, 2.05) is 68.6 Å². The van der Waals surface area contributed by atoms with Gasteiger partial charge in [0.15, 0.2) is 0 Å². The molecule has 3 heterocycles. The first-order chi connectivity index (χ1) is 15.0. The maximum atomic E-state index is 13.6. The number of aromatic nitrogens is 4. The third kappa shape index (κ3) is 3.25. The van der Waals surface area contributed by atoms with Crippen LogP contribution in [0.5, 0.6) is 0 Å². The highest BCUT2D eigenvalue weighted by Gasteiger charge is 2.19. The van der Waals surface area contributed by atoms with Crippen LogP contribution in [0, 0.1) is 6.92 Å². The zero-order valence-corrected chi connectivity index (χ0v) is 17.8. The highest BCUT2D eigenvalue weighted by Crippen LogP contribution is 2.29. The summed E-state index contributed by atoms with van der Waals surface area (Å²) in [5.74, 6) is 0.717. The number of rotatable bonds is 4. The van der Waals surface area contributed by atoms with Gasteiger partial charge in [-0.3, -0.25) is 9.36 Å². The van der Waals surface area contributed by atoms with Gasteiger partial charge in [-0.25, -0.2) is 9.97 Å². The molecule has 0 radical (unpaired) electrons. The number of aromatic amines is 1. The van der Waals surface area contributed by atoms with E-state index in [1.165, 1.54) is 6.33 Å². The first-order valence-electron chi connectivity index (χ1n) is 9.99. The number of H-pyrrole nitrogens is 1. The lowest BCUT2D eigenvalue weighted by Gasteiger charge is -2.22. The van der Waals surface area contributed by atoms with Crippen LogP contribution in [-0.4, -0.2) is 19.5 Å². The minimum absolute atomic E-state index is 0.149. The molecule has 3 aromatic heterocycles. The van der Waals surface area contributed by atoms with Gasteiger partial charge in [-0.1, -0.05) is 41.9 Å². The Kier molecular flexibility index (Phi) is 4.71. The summed E-state index contributed by atoms with van der Waals surface area (Å²) in [4.78, 5) is 25.5. The summed E-state index contributed by atoms with van der Waals surface area (Å²) in [6.07, 6.45) is 3.44. The Morgan fingerprint density at radius 1 is 1.06 bits per heavy atom. The van der Waals surface area contributed by atoms with Crippen LogP contribution in [0.2, 0.25) is 5.02 Å². The van der Waals surface area contributed by atoms with Crippen molar-refractivity contribution in [1.82, 2.24) is 19.5 Å². The SMILES string of the molecule is Cc1c[nH]c2ncnc(N[C@@H](C)c3cc4cccc(Cl)c4c(=O)n3-c3ccccc3)c12. The predicted octanol–water partition coefficient (Wildman–Crippen LogP) is 5.40. The van der Waals surface area contributed by atoms with E-state index in [0.29, 0.717) is 10.4 Å². The normalized spacial score (nSPS) is 12.4. The summed E-state index contributed by atoms with van der Waals surface area (Å²) in [5, 5.41) is 6.18. The minimum Gasteiger partial charge on any atom is -0.361 e. The highest BCUT2D eigenvalue weighted by molar-refractivity contribution is 6.35. The van der Waals surface area contributed by atoms with Gasteiger partial charge in [0.1, 0.15) is 17.8 Å². The number of hydrogen-bond donors (Lipinski definition) is 2. The summed E-state index contributed by atoms with van der Waals surface area (Å²) in [6.45, 7) is 4.02. The van der Waals surface area contributed by atoms with Crippen LogP contribution in [-0.2, 0) is 0 Å². The summed E-state index contributed by atoms with van der Waals surface area (Å²) in [6, 6.07) is 16.9. The number of halogens is 1. The van der Waals surface area contributed by atoms with Crippen molar-refractivity contribution in [3.8, 4) is 5.69 Å². The number of para-hydroxylation sites is 1. The molecule has 0 fully saturated rings. The molecule has 0 aliphatic heterocycles. The predicted molar refractivity (Wildman–Crippen MR) is 125 cm³/mol. The molecule has 0 saturated carbocycles. The number of aryl methyl sites for hydroxylation is 1. The van der Waals surface area contributed by atoms with Crippen molar-refractivity contribution >= 4 is 39.2 Å². The van der Waals surface area contributed by atoms with Crippen molar-refractivity contribution in [2.45, 2.75) is 19.9 Å². The number of fused-ring (bicyclic) bond motifs is 2. The molecule has 2 N–H and O–H groups in total. The molecule has 154 valence electrons. The van der Waals surface area contributed by atoms with E-state index in [0.717, 1.165) is 39.2 Å². The number of nitrogens with one attached hydrogen (secondary N) is 2. The second kappa shape index (κ2) is 7.56. The van der Waals surface area contributed by atoms with Gasteiger partial charge in [0.25, 0.3) is 5.56 Å². The fourth-order valence-corrected chi connectivity index (χ4v) is 4.27. The highest BCUT2D eigenvalue weighted by atomic mass is 35.5. The molecule has 0 unspecified atom stereocenters. The Hall–Kier alpha value is -3.64. The number of nitrogens with zero attached hydrogens (tertiary/aromatic N) is 3. The van der Waals surface area contributed by atoms with Crippen LogP contribution < -0.4 is 10.9 Å². The molecular formula is C24H20ClN5O. The summed E-state index contributed by atoms with van der Waals surface area (Å²) >= 11 is 6.40. The van der Waals surface area contributed by atoms with Crippen molar-refractivity contribution in [3.63, 3.8) is 0 Å². The van der Waals surface area contributed by atoms with E-state index in [2.05, 4.69) is 20.3 Å². The fourth-order valence-electron chi connectivity index (χ4n) is 4.01. The molecule has 1 atom stereocenters. The molecule has 0 aliphatic carbocycles. The third-order valence-electron chi connectivity index (χ3n) is 5.50. The molecule has 0 aliphatic rings. The molecule has 6 nitrogen and oxygen atoms in total. The Morgan fingerprint density at radius 2 is 1.87 bits per heavy atom. The van der Waals surface area contributed by atoms with Crippen LogP contribution in [0.15, 0.2) is 71.9 Å². The fraction of sp³-hybridized carbons (Fsp3) is 0.125. The number of anilines is 1. The monoisotopic (exact) mass is 429 g/mol. The molecule has 0 saturated heterocycles. The van der Waals surface area contributed by atoms with Gasteiger partial charge in [0.2, 0.25) is 0 Å². The average Bonchev–Trinajstić information content (AvgIpc) is 3.16. The van der Waals surface area contributed by atoms with Crippen LogP contribution >= 0.6 is 11.6 Å². The molecule has 0 bridgehead atoms. The van der Waals surface area contributed by atoms with Crippen molar-refractivity contribution in [1.29, 1.82) is 0 Å². The van der Waals surface area contributed by atoms with Gasteiger partial charge in [0, 0.05) is 17.6 Å². The maximum absolute atomic E-state index is 13.6. The van der Waals surface area contributed by atoms with Crippen LogP contribution in [0.3, 0.4) is 0 Å². The van der Waals surface area contributed by atoms with Gasteiger partial charge >= 0.3 is 0 Å². The van der Waals surface area contributed by atoms with E-state index in [-0.39, 0.29) is 11.6 Å². The first-order valence-corrected chi connectivity index (χ1v) is 10.4. The largest absolute Gasteiger partial charge is 0.361 e. The van der Waals surface area contributed by atoms with E-state index in [4.69, 9.17) is 11.6 Å². The lowest BCUT2D eigenvalue weighted by atomic mass is 10.1. The van der Waals surface area contributed by atoms with Gasteiger partial charge in [0.05, 0.1) is 21.8 Å². The molecular weight excluding hydrogens is 410 g/mol. The summed E-state index contributed by atoms with van der Waals surface area (Å²) in [5.41, 5.74) is 3.27. The Morgan fingerprint density at radius 3 is 2.68 bits per heavy atom. The minimum atomic E-state index is -0.219. The molecule has 0 spiro atoms.